The van der Waals surface area contributed by atoms with Crippen molar-refractivity contribution in [3.63, 3.8) is 0 Å². The molecule has 4 rings (SSSR count). The van der Waals surface area contributed by atoms with Crippen molar-refractivity contribution in [2.75, 3.05) is 5.32 Å². The van der Waals surface area contributed by atoms with Crippen LogP contribution >= 0.6 is 0 Å². The van der Waals surface area contributed by atoms with Gasteiger partial charge in [0, 0.05) is 43.3 Å². The van der Waals surface area contributed by atoms with Crippen LogP contribution in [0.4, 0.5) is 5.69 Å². The summed E-state index contributed by atoms with van der Waals surface area (Å²) in [7, 11) is -1.87. The Morgan fingerprint density at radius 2 is 1.71 bits per heavy atom. The number of carbonyl (C=O) groups excluding carboxylic acids is 1. The molecule has 1 N–H and O–H groups in total. The standard InChI is InChI=1S/C23H22N4O3S/c1-26-17-20(15-24-26)19-8-10-22(11-9-19)31(29,30)27-14-13-18(16-27)7-12-23(28)25-21-5-3-2-4-6-21/h2-6,8-11,13-17H,7,12H2,1H3,(H,25,28). The Morgan fingerprint density at radius 1 is 0.968 bits per heavy atom. The molecule has 0 aliphatic carbocycles. The van der Waals surface area contributed by atoms with Crippen LogP contribution in [0.2, 0.25) is 0 Å². The van der Waals surface area contributed by atoms with Crippen molar-refractivity contribution in [1.82, 2.24) is 13.8 Å². The van der Waals surface area contributed by atoms with Gasteiger partial charge < -0.3 is 5.32 Å². The van der Waals surface area contributed by atoms with Gasteiger partial charge in [0.05, 0.1) is 11.1 Å². The van der Waals surface area contributed by atoms with Crippen LogP contribution in [0.3, 0.4) is 0 Å². The smallest absolute Gasteiger partial charge is 0.267 e. The van der Waals surface area contributed by atoms with Gasteiger partial charge in [-0.15, -0.1) is 0 Å². The van der Waals surface area contributed by atoms with Gasteiger partial charge in [-0.2, -0.15) is 5.10 Å². The Labute approximate surface area is 181 Å². The second-order valence-corrected chi connectivity index (χ2v) is 9.04. The maximum atomic E-state index is 12.9. The maximum Gasteiger partial charge on any atom is 0.267 e. The highest BCUT2D eigenvalue weighted by molar-refractivity contribution is 7.90. The number of nitrogens with one attached hydrogen (secondary N) is 1. The zero-order valence-electron chi connectivity index (χ0n) is 17.0. The number of para-hydroxylation sites is 1. The normalized spacial score (nSPS) is 11.4. The summed E-state index contributed by atoms with van der Waals surface area (Å²) in [5, 5.41) is 6.96. The monoisotopic (exact) mass is 434 g/mol. The summed E-state index contributed by atoms with van der Waals surface area (Å²) in [5.41, 5.74) is 3.33. The number of anilines is 1. The van der Waals surface area contributed by atoms with E-state index in [2.05, 4.69) is 10.4 Å². The molecule has 0 fully saturated rings. The van der Waals surface area contributed by atoms with Gasteiger partial charge in [0.2, 0.25) is 5.91 Å². The quantitative estimate of drug-likeness (QED) is 0.481. The van der Waals surface area contributed by atoms with Gasteiger partial charge >= 0.3 is 0 Å². The summed E-state index contributed by atoms with van der Waals surface area (Å²) >= 11 is 0. The van der Waals surface area contributed by atoms with E-state index in [1.165, 1.54) is 10.2 Å². The highest BCUT2D eigenvalue weighted by atomic mass is 32.2. The van der Waals surface area contributed by atoms with Gasteiger partial charge in [0.15, 0.2) is 0 Å². The van der Waals surface area contributed by atoms with Crippen LogP contribution in [-0.2, 0) is 28.3 Å². The average Bonchev–Trinajstić information content (AvgIpc) is 3.43. The molecule has 2 aromatic carbocycles. The minimum absolute atomic E-state index is 0.118. The molecule has 8 heteroatoms. The number of hydrogen-bond donors (Lipinski definition) is 1. The number of hydrogen-bond acceptors (Lipinski definition) is 4. The van der Waals surface area contributed by atoms with E-state index in [1.54, 1.807) is 47.4 Å². The molecule has 0 atom stereocenters. The lowest BCUT2D eigenvalue weighted by Crippen LogP contribution is -2.12. The largest absolute Gasteiger partial charge is 0.326 e. The van der Waals surface area contributed by atoms with E-state index in [9.17, 15) is 13.2 Å². The molecule has 0 saturated heterocycles. The van der Waals surface area contributed by atoms with Gasteiger partial charge in [0.1, 0.15) is 0 Å². The molecule has 158 valence electrons. The van der Waals surface area contributed by atoms with Crippen molar-refractivity contribution < 1.29 is 13.2 Å². The molecule has 1 amide bonds. The number of nitrogens with zero attached hydrogens (tertiary/aromatic N) is 3. The molecule has 0 saturated carbocycles. The van der Waals surface area contributed by atoms with E-state index in [0.29, 0.717) is 6.42 Å². The Kier molecular flexibility index (Phi) is 5.73. The van der Waals surface area contributed by atoms with Gasteiger partial charge in [-0.3, -0.25) is 9.48 Å². The van der Waals surface area contributed by atoms with Crippen LogP contribution < -0.4 is 5.32 Å². The molecule has 4 aromatic rings. The van der Waals surface area contributed by atoms with Crippen LogP contribution in [-0.4, -0.2) is 28.1 Å². The zero-order chi connectivity index (χ0) is 21.8. The third-order valence-corrected chi connectivity index (χ3v) is 6.54. The van der Waals surface area contributed by atoms with Gasteiger partial charge in [0.25, 0.3) is 10.0 Å². The Bertz CT molecular complexity index is 1290. The predicted octanol–water partition coefficient (Wildman–Crippen LogP) is 3.70. The van der Waals surface area contributed by atoms with E-state index < -0.39 is 10.0 Å². The fraction of sp³-hybridized carbons (Fsp3) is 0.130. The molecular formula is C23H22N4O3S. The molecule has 0 bridgehead atoms. The number of aromatic nitrogens is 3. The van der Waals surface area contributed by atoms with Crippen LogP contribution in [0.5, 0.6) is 0 Å². The zero-order valence-corrected chi connectivity index (χ0v) is 17.8. The number of rotatable bonds is 7. The molecule has 7 nitrogen and oxygen atoms in total. The van der Waals surface area contributed by atoms with E-state index in [-0.39, 0.29) is 17.2 Å². The van der Waals surface area contributed by atoms with Crippen LogP contribution in [0.25, 0.3) is 11.1 Å². The second kappa shape index (κ2) is 8.61. The summed E-state index contributed by atoms with van der Waals surface area (Å²) in [6, 6.07) is 17.6. The first kappa shape index (κ1) is 20.6. The molecule has 31 heavy (non-hydrogen) atoms. The lowest BCUT2D eigenvalue weighted by molar-refractivity contribution is -0.116. The lowest BCUT2D eigenvalue weighted by Gasteiger charge is -2.07. The molecule has 0 aliphatic heterocycles. The number of amides is 1. The van der Waals surface area contributed by atoms with Crippen LogP contribution in [0.15, 0.2) is 90.3 Å². The molecule has 2 heterocycles. The summed E-state index contributed by atoms with van der Waals surface area (Å²) in [4.78, 5) is 12.3. The van der Waals surface area contributed by atoms with Crippen molar-refractivity contribution in [3.05, 3.63) is 91.0 Å². The number of aryl methyl sites for hydroxylation is 2. The van der Waals surface area contributed by atoms with E-state index in [0.717, 1.165) is 22.4 Å². The van der Waals surface area contributed by atoms with Crippen LogP contribution in [0, 0.1) is 0 Å². The highest BCUT2D eigenvalue weighted by Crippen LogP contribution is 2.22. The molecule has 2 aromatic heterocycles. The predicted molar refractivity (Wildman–Crippen MR) is 119 cm³/mol. The molecule has 0 unspecified atom stereocenters. The molecule has 0 spiro atoms. The first-order valence-electron chi connectivity index (χ1n) is 9.78. The van der Waals surface area contributed by atoms with E-state index in [1.807, 2.05) is 43.6 Å². The first-order chi connectivity index (χ1) is 14.9. The minimum Gasteiger partial charge on any atom is -0.326 e. The Hall–Kier alpha value is -3.65. The lowest BCUT2D eigenvalue weighted by atomic mass is 10.1. The van der Waals surface area contributed by atoms with E-state index >= 15 is 0 Å². The molecule has 0 aliphatic rings. The topological polar surface area (TPSA) is 86.0 Å². The summed E-state index contributed by atoms with van der Waals surface area (Å²) in [6.45, 7) is 0. The SMILES string of the molecule is Cn1cc(-c2ccc(S(=O)(=O)n3ccc(CCC(=O)Nc4ccccc4)c3)cc2)cn1. The van der Waals surface area contributed by atoms with Crippen molar-refractivity contribution in [2.24, 2.45) is 7.05 Å². The molecule has 0 radical (unpaired) electrons. The summed E-state index contributed by atoms with van der Waals surface area (Å²) in [6.07, 6.45) is 7.38. The number of benzene rings is 2. The third-order valence-electron chi connectivity index (χ3n) is 4.89. The molecular weight excluding hydrogens is 412 g/mol. The van der Waals surface area contributed by atoms with Crippen molar-refractivity contribution in [2.45, 2.75) is 17.7 Å². The maximum absolute atomic E-state index is 12.9. The number of carbonyl (C=O) groups is 1. The van der Waals surface area contributed by atoms with E-state index in [4.69, 9.17) is 0 Å². The average molecular weight is 435 g/mol. The fourth-order valence-electron chi connectivity index (χ4n) is 3.23. The van der Waals surface area contributed by atoms with Crippen LogP contribution in [0.1, 0.15) is 12.0 Å². The van der Waals surface area contributed by atoms with Crippen molar-refractivity contribution >= 4 is 21.6 Å². The first-order valence-corrected chi connectivity index (χ1v) is 11.2. The summed E-state index contributed by atoms with van der Waals surface area (Å²) < 4.78 is 28.8. The Balaban J connectivity index is 1.42. The third kappa shape index (κ3) is 4.75. The minimum atomic E-state index is -3.70. The Morgan fingerprint density at radius 3 is 2.39 bits per heavy atom. The second-order valence-electron chi connectivity index (χ2n) is 7.20. The van der Waals surface area contributed by atoms with Crippen molar-refractivity contribution in [3.8, 4) is 11.1 Å². The van der Waals surface area contributed by atoms with Gasteiger partial charge in [-0.25, -0.2) is 12.4 Å². The fourth-order valence-corrected chi connectivity index (χ4v) is 4.45. The summed E-state index contributed by atoms with van der Waals surface area (Å²) in [5.74, 6) is -0.118. The van der Waals surface area contributed by atoms with Gasteiger partial charge in [-0.1, -0.05) is 30.3 Å². The van der Waals surface area contributed by atoms with Crippen molar-refractivity contribution in [1.29, 1.82) is 0 Å². The van der Waals surface area contributed by atoms with Gasteiger partial charge in [-0.05, 0) is 47.9 Å². The highest BCUT2D eigenvalue weighted by Gasteiger charge is 2.17.